The second-order valence-corrected chi connectivity index (χ2v) is 5.95. The van der Waals surface area contributed by atoms with E-state index in [1.54, 1.807) is 13.0 Å². The highest BCUT2D eigenvalue weighted by atomic mass is 16.5. The zero-order chi connectivity index (χ0) is 16.0. The van der Waals surface area contributed by atoms with Crippen LogP contribution >= 0.6 is 0 Å². The van der Waals surface area contributed by atoms with E-state index in [4.69, 9.17) is 4.74 Å². The van der Waals surface area contributed by atoms with Gasteiger partial charge in [-0.2, -0.15) is 0 Å². The lowest BCUT2D eigenvalue weighted by Crippen LogP contribution is -2.45. The van der Waals surface area contributed by atoms with Crippen molar-refractivity contribution in [1.82, 2.24) is 0 Å². The van der Waals surface area contributed by atoms with Crippen molar-refractivity contribution in [2.45, 2.75) is 32.6 Å². The van der Waals surface area contributed by atoms with Crippen LogP contribution in [0.15, 0.2) is 49.1 Å². The second-order valence-electron chi connectivity index (χ2n) is 5.95. The Bertz CT molecular complexity index is 527. The van der Waals surface area contributed by atoms with E-state index in [1.807, 2.05) is 12.2 Å². The SMILES string of the molecule is C=CCCC12C=CC(CC1=O)CC2/C=C/C=C/C(=O)OCC. The van der Waals surface area contributed by atoms with E-state index in [0.717, 1.165) is 19.3 Å². The molecule has 3 unspecified atom stereocenters. The van der Waals surface area contributed by atoms with E-state index in [0.29, 0.717) is 24.7 Å². The van der Waals surface area contributed by atoms with Gasteiger partial charge in [-0.05, 0) is 38.0 Å². The molecule has 3 rings (SSSR count). The lowest BCUT2D eigenvalue weighted by molar-refractivity contribution is -0.137. The number of carbonyl (C=O) groups excluding carboxylic acids is 2. The molecular weight excluding hydrogens is 276 g/mol. The Morgan fingerprint density at radius 2 is 2.32 bits per heavy atom. The van der Waals surface area contributed by atoms with Gasteiger partial charge in [0.05, 0.1) is 12.0 Å². The number of esters is 1. The highest BCUT2D eigenvalue weighted by Crippen LogP contribution is 2.50. The summed E-state index contributed by atoms with van der Waals surface area (Å²) in [6, 6.07) is 0. The van der Waals surface area contributed by atoms with Gasteiger partial charge in [-0.25, -0.2) is 4.79 Å². The van der Waals surface area contributed by atoms with Gasteiger partial charge in [0, 0.05) is 12.5 Å². The fourth-order valence-electron chi connectivity index (χ4n) is 3.45. The maximum Gasteiger partial charge on any atom is 0.330 e. The zero-order valence-electron chi connectivity index (χ0n) is 13.2. The quantitative estimate of drug-likeness (QED) is 0.311. The highest BCUT2D eigenvalue weighted by molar-refractivity contribution is 5.90. The van der Waals surface area contributed by atoms with Gasteiger partial charge in [-0.1, -0.05) is 36.5 Å². The Labute approximate surface area is 132 Å². The van der Waals surface area contributed by atoms with Crippen molar-refractivity contribution < 1.29 is 14.3 Å². The van der Waals surface area contributed by atoms with Gasteiger partial charge in [0.15, 0.2) is 0 Å². The Morgan fingerprint density at radius 1 is 1.50 bits per heavy atom. The lowest BCUT2D eigenvalue weighted by atomic mass is 9.56. The molecule has 3 atom stereocenters. The molecule has 0 aliphatic heterocycles. The highest BCUT2D eigenvalue weighted by Gasteiger charge is 2.48. The maximum atomic E-state index is 12.5. The summed E-state index contributed by atoms with van der Waals surface area (Å²) < 4.78 is 4.84. The normalized spacial score (nSPS) is 30.3. The number of ketones is 1. The van der Waals surface area contributed by atoms with Crippen LogP contribution < -0.4 is 0 Å². The molecule has 0 N–H and O–H groups in total. The molecule has 22 heavy (non-hydrogen) atoms. The van der Waals surface area contributed by atoms with E-state index >= 15 is 0 Å². The Hall–Kier alpha value is -1.90. The first-order valence-corrected chi connectivity index (χ1v) is 7.97. The van der Waals surface area contributed by atoms with Crippen LogP contribution in [0.3, 0.4) is 0 Å². The van der Waals surface area contributed by atoms with Gasteiger partial charge >= 0.3 is 5.97 Å². The number of Topliss-reactive ketones (excluding diaryl/α,β-unsaturated/α-hetero) is 1. The van der Waals surface area contributed by atoms with E-state index in [2.05, 4.69) is 24.8 Å². The molecule has 0 saturated heterocycles. The molecule has 118 valence electrons. The summed E-state index contributed by atoms with van der Waals surface area (Å²) in [6.45, 7) is 5.93. The number of hydrogen-bond acceptors (Lipinski definition) is 3. The number of ether oxygens (including phenoxy) is 1. The van der Waals surface area contributed by atoms with Crippen molar-refractivity contribution in [2.24, 2.45) is 17.3 Å². The van der Waals surface area contributed by atoms with E-state index in [9.17, 15) is 9.59 Å². The van der Waals surface area contributed by atoms with Crippen molar-refractivity contribution in [2.75, 3.05) is 6.61 Å². The molecule has 0 amide bonds. The summed E-state index contributed by atoms with van der Waals surface area (Å²) in [6.07, 6.45) is 16.5. The van der Waals surface area contributed by atoms with Gasteiger partial charge in [0.25, 0.3) is 0 Å². The molecule has 3 nitrogen and oxygen atoms in total. The second kappa shape index (κ2) is 7.39. The largest absolute Gasteiger partial charge is 0.463 e. The van der Waals surface area contributed by atoms with Gasteiger partial charge < -0.3 is 4.74 Å². The lowest BCUT2D eigenvalue weighted by Gasteiger charge is -2.46. The molecule has 3 aliphatic carbocycles. The molecule has 0 aromatic heterocycles. The standard InChI is InChI=1S/C19H24O3/c1-3-5-11-19-12-10-15(14-17(19)20)13-16(19)8-6-7-9-18(21)22-4-2/h3,6-10,12,15-16H,1,4-5,11,13-14H2,2H3/b8-6+,9-7+. The third-order valence-corrected chi connectivity index (χ3v) is 4.59. The number of allylic oxidation sites excluding steroid dienone is 6. The van der Waals surface area contributed by atoms with Gasteiger partial charge in [-0.3, -0.25) is 4.79 Å². The van der Waals surface area contributed by atoms with Gasteiger partial charge in [0.2, 0.25) is 0 Å². The number of rotatable bonds is 7. The van der Waals surface area contributed by atoms with Crippen LogP contribution in [-0.4, -0.2) is 18.4 Å². The Balaban J connectivity index is 2.09. The van der Waals surface area contributed by atoms with Crippen LogP contribution in [0.25, 0.3) is 0 Å². The zero-order valence-corrected chi connectivity index (χ0v) is 13.2. The van der Waals surface area contributed by atoms with Crippen LogP contribution in [0.1, 0.15) is 32.6 Å². The van der Waals surface area contributed by atoms with Gasteiger partial charge in [0.1, 0.15) is 5.78 Å². The van der Waals surface area contributed by atoms with Crippen LogP contribution in [0.2, 0.25) is 0 Å². The summed E-state index contributed by atoms with van der Waals surface area (Å²) in [4.78, 5) is 23.8. The first-order valence-electron chi connectivity index (χ1n) is 7.97. The molecular formula is C19H24O3. The Morgan fingerprint density at radius 3 is 3.00 bits per heavy atom. The monoisotopic (exact) mass is 300 g/mol. The summed E-state index contributed by atoms with van der Waals surface area (Å²) in [5.74, 6) is 0.573. The average molecular weight is 300 g/mol. The summed E-state index contributed by atoms with van der Waals surface area (Å²) >= 11 is 0. The number of hydrogen-bond donors (Lipinski definition) is 0. The minimum absolute atomic E-state index is 0.204. The van der Waals surface area contributed by atoms with Crippen molar-refractivity contribution in [3.05, 3.63) is 49.1 Å². The minimum Gasteiger partial charge on any atom is -0.463 e. The maximum absolute atomic E-state index is 12.5. The first kappa shape index (κ1) is 16.5. The average Bonchev–Trinajstić information content (AvgIpc) is 2.51. The third kappa shape index (κ3) is 3.46. The fraction of sp³-hybridized carbons (Fsp3) is 0.474. The predicted octanol–water partition coefficient (Wildman–Crippen LogP) is 3.78. The summed E-state index contributed by atoms with van der Waals surface area (Å²) in [7, 11) is 0. The topological polar surface area (TPSA) is 43.4 Å². The molecule has 0 aromatic rings. The molecule has 1 saturated carbocycles. The summed E-state index contributed by atoms with van der Waals surface area (Å²) in [5.41, 5.74) is -0.378. The molecule has 2 bridgehead atoms. The molecule has 0 radical (unpaired) electrons. The molecule has 3 aliphatic rings. The van der Waals surface area contributed by atoms with E-state index in [1.165, 1.54) is 6.08 Å². The fourth-order valence-corrected chi connectivity index (χ4v) is 3.45. The number of carbonyl (C=O) groups is 2. The van der Waals surface area contributed by atoms with Crippen molar-refractivity contribution in [1.29, 1.82) is 0 Å². The van der Waals surface area contributed by atoms with Crippen LogP contribution in [-0.2, 0) is 14.3 Å². The molecule has 0 heterocycles. The molecule has 3 heteroatoms. The molecule has 0 spiro atoms. The smallest absolute Gasteiger partial charge is 0.330 e. The first-order chi connectivity index (χ1) is 10.6. The van der Waals surface area contributed by atoms with Crippen LogP contribution in [0, 0.1) is 17.3 Å². The van der Waals surface area contributed by atoms with Crippen molar-refractivity contribution in [3.63, 3.8) is 0 Å². The number of fused-ring (bicyclic) bond motifs is 2. The van der Waals surface area contributed by atoms with Crippen LogP contribution in [0.4, 0.5) is 0 Å². The molecule has 1 fully saturated rings. The predicted molar refractivity (Wildman–Crippen MR) is 87.1 cm³/mol. The van der Waals surface area contributed by atoms with Crippen LogP contribution in [0.5, 0.6) is 0 Å². The van der Waals surface area contributed by atoms with Gasteiger partial charge in [-0.15, -0.1) is 6.58 Å². The third-order valence-electron chi connectivity index (χ3n) is 4.59. The van der Waals surface area contributed by atoms with Crippen molar-refractivity contribution in [3.8, 4) is 0 Å². The van der Waals surface area contributed by atoms with E-state index in [-0.39, 0.29) is 17.3 Å². The van der Waals surface area contributed by atoms with E-state index < -0.39 is 0 Å². The van der Waals surface area contributed by atoms with Crippen molar-refractivity contribution >= 4 is 11.8 Å². The summed E-state index contributed by atoms with van der Waals surface area (Å²) in [5, 5.41) is 0. The minimum atomic E-state index is -0.378. The Kier molecular flexibility index (Phi) is 5.53. The molecule has 0 aromatic carbocycles.